The molecule has 0 aliphatic carbocycles. The second kappa shape index (κ2) is 9.35. The van der Waals surface area contributed by atoms with Gasteiger partial charge in [-0.1, -0.05) is 36.4 Å². The van der Waals surface area contributed by atoms with Gasteiger partial charge in [0.25, 0.3) is 0 Å². The van der Waals surface area contributed by atoms with Gasteiger partial charge in [-0.3, -0.25) is 4.90 Å². The molecule has 2 fully saturated rings. The molecule has 0 radical (unpaired) electrons. The number of aromatic nitrogens is 2. The maximum absolute atomic E-state index is 12.8. The zero-order valence-electron chi connectivity index (χ0n) is 24.5. The van der Waals surface area contributed by atoms with Crippen LogP contribution in [0.25, 0.3) is 32.9 Å². The molecule has 7 nitrogen and oxygen atoms in total. The highest BCUT2D eigenvalue weighted by Crippen LogP contribution is 2.37. The number of fused-ring (bicyclic) bond motifs is 2. The smallest absolute Gasteiger partial charge is 0.444 e. The fourth-order valence-corrected chi connectivity index (χ4v) is 5.53. The van der Waals surface area contributed by atoms with E-state index in [1.807, 2.05) is 26.8 Å². The molecule has 4 aromatic rings. The minimum absolute atomic E-state index is 0.107. The lowest BCUT2D eigenvalue weighted by Gasteiger charge is -2.32. The van der Waals surface area contributed by atoms with Gasteiger partial charge in [-0.25, -0.2) is 9.78 Å². The van der Waals surface area contributed by atoms with E-state index < -0.39 is 5.60 Å². The fourth-order valence-electron chi connectivity index (χ4n) is 5.53. The molecule has 2 aliphatic rings. The summed E-state index contributed by atoms with van der Waals surface area (Å²) in [5, 5.41) is 2.30. The predicted molar refractivity (Wildman–Crippen MR) is 160 cm³/mol. The standard InChI is InChI=1S/C32H38BN3O4/c1-30(2,3)38-29(37)36-16-8-9-27(36)28-34-25-15-13-23(19-26(25)35-28)20-10-11-22-18-24(14-12-21(22)17-20)33-39-31(4,5)32(6,7)40-33/h10-15,17-19,27H,8-9,16H2,1-7H3,(H,34,35)/t27-/m0/s1. The summed E-state index contributed by atoms with van der Waals surface area (Å²) in [6.45, 7) is 14.7. The van der Waals surface area contributed by atoms with Crippen molar-refractivity contribution in [2.24, 2.45) is 0 Å². The highest BCUT2D eigenvalue weighted by atomic mass is 16.7. The number of likely N-dealkylation sites (tertiary alicyclic amines) is 1. The highest BCUT2D eigenvalue weighted by Gasteiger charge is 2.51. The lowest BCUT2D eigenvalue weighted by Crippen LogP contribution is -2.41. The minimum Gasteiger partial charge on any atom is -0.444 e. The Morgan fingerprint density at radius 2 is 1.62 bits per heavy atom. The molecule has 0 saturated carbocycles. The largest absolute Gasteiger partial charge is 0.494 e. The fraction of sp³-hybridized carbons (Fsp3) is 0.438. The lowest BCUT2D eigenvalue weighted by atomic mass is 9.78. The molecule has 8 heteroatoms. The molecule has 0 bridgehead atoms. The van der Waals surface area contributed by atoms with E-state index in [-0.39, 0.29) is 30.5 Å². The van der Waals surface area contributed by atoms with Crippen LogP contribution in [0.2, 0.25) is 0 Å². The number of hydrogen-bond acceptors (Lipinski definition) is 5. The Hall–Kier alpha value is -3.36. The molecule has 1 aromatic heterocycles. The molecule has 2 aliphatic heterocycles. The number of nitrogens with one attached hydrogen (secondary N) is 1. The summed E-state index contributed by atoms with van der Waals surface area (Å²) in [5.41, 5.74) is 3.85. The third-order valence-corrected chi connectivity index (χ3v) is 8.42. The zero-order valence-corrected chi connectivity index (χ0v) is 24.5. The van der Waals surface area contributed by atoms with Gasteiger partial charge in [0.15, 0.2) is 0 Å². The number of ether oxygens (including phenoxy) is 1. The molecule has 0 unspecified atom stereocenters. The number of imidazole rings is 1. The summed E-state index contributed by atoms with van der Waals surface area (Å²) in [7, 11) is -0.378. The molecule has 1 atom stereocenters. The number of hydrogen-bond donors (Lipinski definition) is 1. The summed E-state index contributed by atoms with van der Waals surface area (Å²) in [6.07, 6.45) is 1.51. The Bertz CT molecular complexity index is 1590. The van der Waals surface area contributed by atoms with Crippen LogP contribution in [0, 0.1) is 0 Å². The van der Waals surface area contributed by atoms with Crippen LogP contribution in [0.1, 0.15) is 73.2 Å². The Labute approximate surface area is 236 Å². The van der Waals surface area contributed by atoms with Crippen molar-refractivity contribution >= 4 is 40.5 Å². The topological polar surface area (TPSA) is 76.7 Å². The van der Waals surface area contributed by atoms with Crippen molar-refractivity contribution in [3.05, 3.63) is 60.4 Å². The van der Waals surface area contributed by atoms with Crippen molar-refractivity contribution in [1.82, 2.24) is 14.9 Å². The van der Waals surface area contributed by atoms with Gasteiger partial charge in [0.2, 0.25) is 0 Å². The molecule has 208 valence electrons. The van der Waals surface area contributed by atoms with Crippen molar-refractivity contribution in [2.75, 3.05) is 6.54 Å². The zero-order chi connectivity index (χ0) is 28.4. The average Bonchev–Trinajstić information content (AvgIpc) is 3.57. The predicted octanol–water partition coefficient (Wildman–Crippen LogP) is 6.75. The molecule has 0 spiro atoms. The van der Waals surface area contributed by atoms with Crippen LogP contribution < -0.4 is 5.46 Å². The maximum atomic E-state index is 12.8. The molecular weight excluding hydrogens is 501 g/mol. The van der Waals surface area contributed by atoms with E-state index >= 15 is 0 Å². The van der Waals surface area contributed by atoms with Gasteiger partial charge in [-0.2, -0.15) is 0 Å². The van der Waals surface area contributed by atoms with Gasteiger partial charge in [0.05, 0.1) is 28.3 Å². The normalized spacial score (nSPS) is 20.5. The first-order valence-corrected chi connectivity index (χ1v) is 14.2. The van der Waals surface area contributed by atoms with Crippen LogP contribution in [0.15, 0.2) is 54.6 Å². The highest BCUT2D eigenvalue weighted by molar-refractivity contribution is 6.62. The van der Waals surface area contributed by atoms with Gasteiger partial charge >= 0.3 is 13.2 Å². The number of H-pyrrole nitrogens is 1. The second-order valence-corrected chi connectivity index (χ2v) is 13.1. The molecule has 3 aromatic carbocycles. The Morgan fingerprint density at radius 3 is 2.35 bits per heavy atom. The average molecular weight is 539 g/mol. The van der Waals surface area contributed by atoms with E-state index in [0.29, 0.717) is 6.54 Å². The van der Waals surface area contributed by atoms with Crippen LogP contribution in [0.5, 0.6) is 0 Å². The van der Waals surface area contributed by atoms with Gasteiger partial charge < -0.3 is 19.0 Å². The number of carbonyl (C=O) groups is 1. The van der Waals surface area contributed by atoms with Gasteiger partial charge in [-0.15, -0.1) is 0 Å². The molecule has 6 rings (SSSR count). The molecule has 2 saturated heterocycles. The first-order valence-electron chi connectivity index (χ1n) is 14.2. The first kappa shape index (κ1) is 26.8. The van der Waals surface area contributed by atoms with Crippen molar-refractivity contribution in [2.45, 2.75) is 84.2 Å². The van der Waals surface area contributed by atoms with Gasteiger partial charge in [0, 0.05) is 6.54 Å². The van der Waals surface area contributed by atoms with Crippen LogP contribution in [-0.2, 0) is 14.0 Å². The summed E-state index contributed by atoms with van der Waals surface area (Å²) >= 11 is 0. The summed E-state index contributed by atoms with van der Waals surface area (Å²) in [4.78, 5) is 22.9. The SMILES string of the molecule is CC(C)(C)OC(=O)N1CCC[C@H]1c1nc2ccc(-c3ccc4cc(B5OC(C)(C)C(C)(C)O5)ccc4c3)cc2[nH]1. The number of nitrogens with zero attached hydrogens (tertiary/aromatic N) is 2. The van der Waals surface area contributed by atoms with Crippen LogP contribution in [0.4, 0.5) is 4.79 Å². The van der Waals surface area contributed by atoms with E-state index in [9.17, 15) is 4.79 Å². The molecular formula is C32H38BN3O4. The van der Waals surface area contributed by atoms with E-state index in [0.717, 1.165) is 57.1 Å². The lowest BCUT2D eigenvalue weighted by molar-refractivity contribution is 0.00578. The third kappa shape index (κ3) is 4.88. The monoisotopic (exact) mass is 539 g/mol. The summed E-state index contributed by atoms with van der Waals surface area (Å²) in [5.74, 6) is 0.809. The Morgan fingerprint density at radius 1 is 0.975 bits per heavy atom. The van der Waals surface area contributed by atoms with Crippen molar-refractivity contribution < 1.29 is 18.8 Å². The molecule has 1 N–H and O–H groups in total. The second-order valence-electron chi connectivity index (χ2n) is 13.1. The third-order valence-electron chi connectivity index (χ3n) is 8.42. The van der Waals surface area contributed by atoms with Crippen molar-refractivity contribution in [3.63, 3.8) is 0 Å². The summed E-state index contributed by atoms with van der Waals surface area (Å²) < 4.78 is 18.2. The summed E-state index contributed by atoms with van der Waals surface area (Å²) in [6, 6.07) is 19.1. The van der Waals surface area contributed by atoms with Crippen LogP contribution >= 0.6 is 0 Å². The van der Waals surface area contributed by atoms with E-state index in [4.69, 9.17) is 19.0 Å². The Balaban J connectivity index is 1.25. The molecule has 3 heterocycles. The number of amides is 1. The number of rotatable bonds is 3. The molecule has 1 amide bonds. The number of benzene rings is 3. The Kier molecular flexibility index (Phi) is 6.28. The van der Waals surface area contributed by atoms with Crippen LogP contribution in [-0.4, -0.2) is 51.4 Å². The minimum atomic E-state index is -0.527. The van der Waals surface area contributed by atoms with Crippen molar-refractivity contribution in [1.29, 1.82) is 0 Å². The number of carbonyl (C=O) groups excluding carboxylic acids is 1. The van der Waals surface area contributed by atoms with E-state index in [1.54, 1.807) is 4.90 Å². The maximum Gasteiger partial charge on any atom is 0.494 e. The van der Waals surface area contributed by atoms with Gasteiger partial charge in [0.1, 0.15) is 11.4 Å². The first-order chi connectivity index (χ1) is 18.8. The number of aromatic amines is 1. The van der Waals surface area contributed by atoms with Gasteiger partial charge in [-0.05, 0) is 107 Å². The van der Waals surface area contributed by atoms with Crippen LogP contribution in [0.3, 0.4) is 0 Å². The van der Waals surface area contributed by atoms with E-state index in [2.05, 4.69) is 81.2 Å². The molecule has 40 heavy (non-hydrogen) atoms. The van der Waals surface area contributed by atoms with Crippen molar-refractivity contribution in [3.8, 4) is 11.1 Å². The quantitative estimate of drug-likeness (QED) is 0.292. The van der Waals surface area contributed by atoms with E-state index in [1.165, 1.54) is 0 Å².